The first kappa shape index (κ1) is 25.0. The number of hydrogen-bond acceptors (Lipinski definition) is 6. The van der Waals surface area contributed by atoms with Gasteiger partial charge in [0.1, 0.15) is 5.52 Å². The molecule has 2 heterocycles. The summed E-state index contributed by atoms with van der Waals surface area (Å²) in [5.74, 6) is 0. The van der Waals surface area contributed by atoms with Crippen molar-refractivity contribution in [2.75, 3.05) is 27.2 Å². The summed E-state index contributed by atoms with van der Waals surface area (Å²) in [7, 11) is 4.14. The van der Waals surface area contributed by atoms with Crippen LogP contribution in [0.4, 0.5) is 5.69 Å². The maximum atomic E-state index is 11.8. The van der Waals surface area contributed by atoms with E-state index in [4.69, 9.17) is 0 Å². The molecule has 28 heavy (non-hydrogen) atoms. The Morgan fingerprint density at radius 1 is 1.18 bits per heavy atom. The number of nitrogens with one attached hydrogen (secondary N) is 2. The summed E-state index contributed by atoms with van der Waals surface area (Å²) in [6.07, 6.45) is 2.07. The van der Waals surface area contributed by atoms with Gasteiger partial charge >= 0.3 is 16.8 Å². The van der Waals surface area contributed by atoms with E-state index in [1.54, 1.807) is 6.07 Å². The van der Waals surface area contributed by atoms with Crippen molar-refractivity contribution in [2.24, 2.45) is 0 Å². The number of H-pyrrole nitrogens is 2. The molecule has 0 saturated carbocycles. The van der Waals surface area contributed by atoms with E-state index in [1.165, 1.54) is 0 Å². The summed E-state index contributed by atoms with van der Waals surface area (Å²) in [5.41, 5.74) is -0.915. The van der Waals surface area contributed by atoms with Crippen LogP contribution in [0.3, 0.4) is 0 Å². The Labute approximate surface area is 190 Å². The van der Waals surface area contributed by atoms with Crippen LogP contribution in [0, 0.1) is 10.1 Å². The predicted octanol–water partition coefficient (Wildman–Crippen LogP) is 2.57. The Hall–Kier alpha value is -1.08. The van der Waals surface area contributed by atoms with E-state index in [0.717, 1.165) is 31.5 Å². The van der Waals surface area contributed by atoms with Crippen molar-refractivity contribution in [3.63, 3.8) is 0 Å². The summed E-state index contributed by atoms with van der Waals surface area (Å²) in [4.78, 5) is 43.6. The van der Waals surface area contributed by atoms with E-state index in [9.17, 15) is 19.7 Å². The van der Waals surface area contributed by atoms with Crippen LogP contribution in [-0.2, 0) is 6.54 Å². The number of fused-ring (bicyclic) bond motifs is 1. The predicted molar refractivity (Wildman–Crippen MR) is 122 cm³/mol. The van der Waals surface area contributed by atoms with Gasteiger partial charge in [-0.1, -0.05) is 0 Å². The third-order valence-electron chi connectivity index (χ3n) is 4.88. The standard InChI is InChI=1S/C16H20BrN5O4.2BrH/c1-20(2)10-3-5-21(6-4-10)8-9-7-11(17)14(22(25)26)13-12(9)18-15(23)16(24)19-13;;/h7,10H,3-6,8H2,1-2H3,(H,18,23)(H,19,24);2*1H. The molecule has 9 nitrogen and oxygen atoms in total. The highest BCUT2D eigenvalue weighted by atomic mass is 79.9. The number of rotatable bonds is 4. The molecule has 0 radical (unpaired) electrons. The zero-order valence-corrected chi connectivity index (χ0v) is 20.4. The Balaban J connectivity index is 0.00000196. The number of hydrogen-bond donors (Lipinski definition) is 2. The van der Waals surface area contributed by atoms with Crippen molar-refractivity contribution in [3.05, 3.63) is 46.9 Å². The fourth-order valence-electron chi connectivity index (χ4n) is 3.43. The number of nitrogens with zero attached hydrogens (tertiary/aromatic N) is 3. The molecular weight excluding hydrogens is 566 g/mol. The monoisotopic (exact) mass is 585 g/mol. The number of benzene rings is 1. The quantitative estimate of drug-likeness (QED) is 0.323. The maximum absolute atomic E-state index is 11.8. The highest BCUT2D eigenvalue weighted by molar-refractivity contribution is 9.10. The molecule has 0 bridgehead atoms. The van der Waals surface area contributed by atoms with E-state index in [2.05, 4.69) is 49.8 Å². The van der Waals surface area contributed by atoms with Gasteiger partial charge in [-0.15, -0.1) is 34.0 Å². The molecule has 12 heteroatoms. The molecule has 156 valence electrons. The van der Waals surface area contributed by atoms with Crippen LogP contribution in [0.25, 0.3) is 11.0 Å². The molecule has 1 aromatic carbocycles. The number of nitro benzene ring substituents is 1. The summed E-state index contributed by atoms with van der Waals surface area (Å²) < 4.78 is 0.274. The van der Waals surface area contributed by atoms with Crippen LogP contribution in [0.2, 0.25) is 0 Å². The van der Waals surface area contributed by atoms with Gasteiger partial charge < -0.3 is 14.9 Å². The summed E-state index contributed by atoms with van der Waals surface area (Å²) in [6.45, 7) is 2.33. The molecule has 0 spiro atoms. The average molecular weight is 588 g/mol. The second-order valence-electron chi connectivity index (χ2n) is 6.75. The van der Waals surface area contributed by atoms with Crippen LogP contribution in [0.1, 0.15) is 18.4 Å². The number of piperidine rings is 1. The van der Waals surface area contributed by atoms with Crippen molar-refractivity contribution >= 4 is 66.6 Å². The Morgan fingerprint density at radius 2 is 1.71 bits per heavy atom. The molecule has 0 aliphatic carbocycles. The van der Waals surface area contributed by atoms with E-state index >= 15 is 0 Å². The van der Waals surface area contributed by atoms with E-state index < -0.39 is 16.0 Å². The Morgan fingerprint density at radius 3 is 2.21 bits per heavy atom. The first-order valence-electron chi connectivity index (χ1n) is 8.28. The smallest absolute Gasteiger partial charge is 0.314 e. The molecule has 0 amide bonds. The minimum absolute atomic E-state index is 0. The first-order valence-corrected chi connectivity index (χ1v) is 9.08. The SMILES string of the molecule is Br.Br.CN(C)C1CCN(Cc2cc(Br)c([N+](=O)[O-])c3[nH]c(=O)c(=O)[nH]c23)CC1. The molecule has 2 N–H and O–H groups in total. The molecule has 2 aromatic rings. The van der Waals surface area contributed by atoms with Crippen molar-refractivity contribution in [1.29, 1.82) is 0 Å². The lowest BCUT2D eigenvalue weighted by Crippen LogP contribution is -2.41. The Bertz CT molecular complexity index is 967. The molecule has 1 saturated heterocycles. The van der Waals surface area contributed by atoms with Crippen LogP contribution in [-0.4, -0.2) is 57.9 Å². The van der Waals surface area contributed by atoms with Gasteiger partial charge in [0.05, 0.1) is 14.9 Å². The average Bonchev–Trinajstić information content (AvgIpc) is 2.57. The lowest BCUT2D eigenvalue weighted by atomic mass is 10.0. The minimum atomic E-state index is -0.906. The zero-order chi connectivity index (χ0) is 19.0. The molecule has 1 fully saturated rings. The van der Waals surface area contributed by atoms with Gasteiger partial charge in [-0.2, -0.15) is 0 Å². The maximum Gasteiger partial charge on any atom is 0.314 e. The van der Waals surface area contributed by atoms with Crippen LogP contribution < -0.4 is 11.1 Å². The third-order valence-corrected chi connectivity index (χ3v) is 5.49. The van der Waals surface area contributed by atoms with Gasteiger partial charge in [-0.3, -0.25) is 24.6 Å². The molecule has 1 aliphatic rings. The molecule has 1 aromatic heterocycles. The molecule has 3 rings (SSSR count). The largest absolute Gasteiger partial charge is 0.315 e. The van der Waals surface area contributed by atoms with Gasteiger partial charge in [0.2, 0.25) is 0 Å². The van der Waals surface area contributed by atoms with Crippen molar-refractivity contribution < 1.29 is 4.92 Å². The number of aromatic nitrogens is 2. The van der Waals surface area contributed by atoms with Crippen molar-refractivity contribution in [1.82, 2.24) is 19.8 Å². The second-order valence-corrected chi connectivity index (χ2v) is 7.61. The third kappa shape index (κ3) is 5.09. The highest BCUT2D eigenvalue weighted by Gasteiger charge is 2.25. The van der Waals surface area contributed by atoms with Crippen molar-refractivity contribution in [3.8, 4) is 0 Å². The summed E-state index contributed by atoms with van der Waals surface area (Å²) in [6, 6.07) is 2.19. The summed E-state index contributed by atoms with van der Waals surface area (Å²) >= 11 is 3.22. The van der Waals surface area contributed by atoms with Gasteiger partial charge in [0.25, 0.3) is 0 Å². The van der Waals surface area contributed by atoms with Crippen LogP contribution >= 0.6 is 49.9 Å². The molecular formula is C16H22Br3N5O4. The van der Waals surface area contributed by atoms with Crippen LogP contribution in [0.15, 0.2) is 20.1 Å². The normalized spacial score (nSPS) is 15.3. The fraction of sp³-hybridized carbons (Fsp3) is 0.500. The first-order chi connectivity index (χ1) is 12.3. The Kier molecular flexibility index (Phi) is 9.00. The number of halogens is 3. The zero-order valence-electron chi connectivity index (χ0n) is 15.4. The second kappa shape index (κ2) is 10.1. The fourth-order valence-corrected chi connectivity index (χ4v) is 4.05. The number of nitro groups is 1. The van der Waals surface area contributed by atoms with Gasteiger partial charge in [0, 0.05) is 12.6 Å². The minimum Gasteiger partial charge on any atom is -0.315 e. The van der Waals surface area contributed by atoms with E-state index in [-0.39, 0.29) is 49.6 Å². The molecule has 0 unspecified atom stereocenters. The number of likely N-dealkylation sites (tertiary alicyclic amines) is 1. The lowest BCUT2D eigenvalue weighted by molar-refractivity contribution is -0.384. The molecule has 0 atom stereocenters. The van der Waals surface area contributed by atoms with Crippen LogP contribution in [0.5, 0.6) is 0 Å². The van der Waals surface area contributed by atoms with Gasteiger partial charge in [-0.05, 0) is 67.6 Å². The summed E-state index contributed by atoms with van der Waals surface area (Å²) in [5, 5.41) is 11.4. The van der Waals surface area contributed by atoms with E-state index in [0.29, 0.717) is 18.1 Å². The van der Waals surface area contributed by atoms with Crippen molar-refractivity contribution in [2.45, 2.75) is 25.4 Å². The van der Waals surface area contributed by atoms with Gasteiger partial charge in [-0.25, -0.2) is 0 Å². The number of aromatic amines is 2. The van der Waals surface area contributed by atoms with E-state index in [1.807, 2.05) is 0 Å². The van der Waals surface area contributed by atoms with Gasteiger partial charge in [0.15, 0.2) is 0 Å². The highest BCUT2D eigenvalue weighted by Crippen LogP contribution is 2.33. The lowest BCUT2D eigenvalue weighted by Gasteiger charge is -2.35. The molecule has 1 aliphatic heterocycles. The topological polar surface area (TPSA) is 115 Å².